The van der Waals surface area contributed by atoms with Crippen LogP contribution >= 0.6 is 11.6 Å². The summed E-state index contributed by atoms with van der Waals surface area (Å²) in [4.78, 5) is 0. The van der Waals surface area contributed by atoms with E-state index in [9.17, 15) is 13.9 Å². The van der Waals surface area contributed by atoms with E-state index in [1.54, 1.807) is 24.3 Å². The van der Waals surface area contributed by atoms with E-state index in [4.69, 9.17) is 16.0 Å². The minimum absolute atomic E-state index is 0.000330. The monoisotopic (exact) mass is 308 g/mol. The molecule has 2 nitrogen and oxygen atoms in total. The minimum atomic E-state index is -1.02. The highest BCUT2D eigenvalue weighted by Crippen LogP contribution is 2.28. The number of rotatable bonds is 3. The third kappa shape index (κ3) is 2.91. The summed E-state index contributed by atoms with van der Waals surface area (Å²) in [7, 11) is 0. The molecule has 108 valence electrons. The van der Waals surface area contributed by atoms with Gasteiger partial charge in [0, 0.05) is 22.9 Å². The topological polar surface area (TPSA) is 33.4 Å². The Kier molecular flexibility index (Phi) is 3.66. The van der Waals surface area contributed by atoms with Gasteiger partial charge in [0.05, 0.1) is 0 Å². The Morgan fingerprint density at radius 3 is 2.67 bits per heavy atom. The molecule has 1 N–H and O–H groups in total. The molecule has 1 atom stereocenters. The zero-order chi connectivity index (χ0) is 15.0. The molecule has 0 radical (unpaired) electrons. The van der Waals surface area contributed by atoms with E-state index in [1.807, 2.05) is 0 Å². The second-order valence-electron chi connectivity index (χ2n) is 4.79. The lowest BCUT2D eigenvalue weighted by Gasteiger charge is -2.08. The van der Waals surface area contributed by atoms with Crippen molar-refractivity contribution in [2.24, 2.45) is 0 Å². The summed E-state index contributed by atoms with van der Waals surface area (Å²) in [5, 5.41) is 11.5. The SMILES string of the molecule is OC(Cc1ccc(F)cc1F)c1cc2cc(Cl)ccc2o1. The molecule has 0 spiro atoms. The van der Waals surface area contributed by atoms with E-state index in [0.717, 1.165) is 17.5 Å². The summed E-state index contributed by atoms with van der Waals surface area (Å²) < 4.78 is 32.0. The van der Waals surface area contributed by atoms with Gasteiger partial charge in [-0.2, -0.15) is 0 Å². The molecule has 0 saturated carbocycles. The van der Waals surface area contributed by atoms with Gasteiger partial charge in [0.1, 0.15) is 29.1 Å². The normalized spacial score (nSPS) is 12.8. The Balaban J connectivity index is 1.87. The van der Waals surface area contributed by atoms with Gasteiger partial charge in [0.15, 0.2) is 0 Å². The fourth-order valence-electron chi connectivity index (χ4n) is 2.20. The molecule has 5 heteroatoms. The lowest BCUT2D eigenvalue weighted by molar-refractivity contribution is 0.151. The average molecular weight is 309 g/mol. The lowest BCUT2D eigenvalue weighted by Crippen LogP contribution is -2.02. The number of benzene rings is 2. The fraction of sp³-hybridized carbons (Fsp3) is 0.125. The van der Waals surface area contributed by atoms with E-state index in [1.165, 1.54) is 6.07 Å². The summed E-state index contributed by atoms with van der Waals surface area (Å²) >= 11 is 5.88. The molecule has 0 aliphatic heterocycles. The maximum Gasteiger partial charge on any atom is 0.134 e. The van der Waals surface area contributed by atoms with Gasteiger partial charge >= 0.3 is 0 Å². The molecule has 21 heavy (non-hydrogen) atoms. The first-order valence-corrected chi connectivity index (χ1v) is 6.72. The van der Waals surface area contributed by atoms with Crippen LogP contribution < -0.4 is 0 Å². The quantitative estimate of drug-likeness (QED) is 0.764. The highest BCUT2D eigenvalue weighted by Gasteiger charge is 2.16. The van der Waals surface area contributed by atoms with Crippen LogP contribution in [0.3, 0.4) is 0 Å². The fourth-order valence-corrected chi connectivity index (χ4v) is 2.38. The zero-order valence-corrected chi connectivity index (χ0v) is 11.6. The number of aliphatic hydroxyl groups excluding tert-OH is 1. The van der Waals surface area contributed by atoms with Crippen LogP contribution in [0.4, 0.5) is 8.78 Å². The van der Waals surface area contributed by atoms with Crippen molar-refractivity contribution in [3.05, 3.63) is 70.4 Å². The second-order valence-corrected chi connectivity index (χ2v) is 5.22. The number of aliphatic hydroxyl groups is 1. The molecule has 1 unspecified atom stereocenters. The van der Waals surface area contributed by atoms with E-state index >= 15 is 0 Å². The molecule has 0 amide bonds. The van der Waals surface area contributed by atoms with Crippen LogP contribution in [0.5, 0.6) is 0 Å². The van der Waals surface area contributed by atoms with E-state index in [0.29, 0.717) is 16.4 Å². The largest absolute Gasteiger partial charge is 0.458 e. The number of hydrogen-bond donors (Lipinski definition) is 1. The number of halogens is 3. The van der Waals surface area contributed by atoms with Gasteiger partial charge in [-0.15, -0.1) is 0 Å². The standard InChI is InChI=1S/C16H11ClF2O2/c17-11-2-4-15-10(5-11)7-16(21-15)14(20)6-9-1-3-12(18)8-13(9)19/h1-5,7-8,14,20H,6H2. The Morgan fingerprint density at radius 1 is 1.10 bits per heavy atom. The summed E-state index contributed by atoms with van der Waals surface area (Å²) in [6, 6.07) is 10.0. The maximum atomic E-state index is 13.6. The van der Waals surface area contributed by atoms with Crippen LogP contribution in [-0.2, 0) is 6.42 Å². The molecule has 1 aromatic heterocycles. The smallest absolute Gasteiger partial charge is 0.134 e. The molecule has 0 bridgehead atoms. The highest BCUT2D eigenvalue weighted by atomic mass is 35.5. The third-order valence-electron chi connectivity index (χ3n) is 3.25. The van der Waals surface area contributed by atoms with Crippen LogP contribution in [-0.4, -0.2) is 5.11 Å². The van der Waals surface area contributed by atoms with Crippen LogP contribution in [0.25, 0.3) is 11.0 Å². The maximum absolute atomic E-state index is 13.6. The Hall–Kier alpha value is -1.91. The molecule has 3 rings (SSSR count). The van der Waals surface area contributed by atoms with Gasteiger partial charge in [-0.1, -0.05) is 17.7 Å². The molecule has 0 aliphatic rings. The zero-order valence-electron chi connectivity index (χ0n) is 10.8. The van der Waals surface area contributed by atoms with E-state index in [2.05, 4.69) is 0 Å². The van der Waals surface area contributed by atoms with Crippen LogP contribution in [0.2, 0.25) is 5.02 Å². The first kappa shape index (κ1) is 14.0. The van der Waals surface area contributed by atoms with Crippen molar-refractivity contribution in [1.29, 1.82) is 0 Å². The molecule has 2 aromatic carbocycles. The molecular formula is C16H11ClF2O2. The van der Waals surface area contributed by atoms with Crippen LogP contribution in [0.1, 0.15) is 17.4 Å². The summed E-state index contributed by atoms with van der Waals surface area (Å²) in [6.45, 7) is 0. The van der Waals surface area contributed by atoms with Crippen molar-refractivity contribution >= 4 is 22.6 Å². The first-order chi connectivity index (χ1) is 10.0. The molecule has 3 aromatic rings. The summed E-state index contributed by atoms with van der Waals surface area (Å²) in [6.07, 6.45) is -1.02. The van der Waals surface area contributed by atoms with Crippen molar-refractivity contribution in [3.8, 4) is 0 Å². The first-order valence-electron chi connectivity index (χ1n) is 6.34. The molecule has 0 aliphatic carbocycles. The average Bonchev–Trinajstić information content (AvgIpc) is 2.85. The van der Waals surface area contributed by atoms with Gasteiger partial charge < -0.3 is 9.52 Å². The van der Waals surface area contributed by atoms with Crippen molar-refractivity contribution < 1.29 is 18.3 Å². The number of hydrogen-bond acceptors (Lipinski definition) is 2. The predicted octanol–water partition coefficient (Wildman–Crippen LogP) is 4.64. The van der Waals surface area contributed by atoms with Crippen molar-refractivity contribution in [1.82, 2.24) is 0 Å². The Labute approximate surface area is 124 Å². The third-order valence-corrected chi connectivity index (χ3v) is 3.49. The van der Waals surface area contributed by atoms with Gasteiger partial charge in [0.2, 0.25) is 0 Å². The van der Waals surface area contributed by atoms with Gasteiger partial charge in [0.25, 0.3) is 0 Å². The minimum Gasteiger partial charge on any atom is -0.458 e. The van der Waals surface area contributed by atoms with Gasteiger partial charge in [-0.3, -0.25) is 0 Å². The molecule has 1 heterocycles. The lowest BCUT2D eigenvalue weighted by atomic mass is 10.1. The van der Waals surface area contributed by atoms with E-state index in [-0.39, 0.29) is 12.0 Å². The summed E-state index contributed by atoms with van der Waals surface area (Å²) in [5.41, 5.74) is 0.815. The van der Waals surface area contributed by atoms with Crippen LogP contribution in [0, 0.1) is 11.6 Å². The number of fused-ring (bicyclic) bond motifs is 1. The van der Waals surface area contributed by atoms with E-state index < -0.39 is 17.7 Å². The Bertz CT molecular complexity index is 798. The second kappa shape index (κ2) is 5.47. The number of furan rings is 1. The Morgan fingerprint density at radius 2 is 1.90 bits per heavy atom. The molecule has 0 fully saturated rings. The van der Waals surface area contributed by atoms with Crippen molar-refractivity contribution in [2.75, 3.05) is 0 Å². The summed E-state index contributed by atoms with van der Waals surface area (Å²) in [5.74, 6) is -1.02. The van der Waals surface area contributed by atoms with Gasteiger partial charge in [-0.05, 0) is 35.9 Å². The highest BCUT2D eigenvalue weighted by molar-refractivity contribution is 6.31. The molecule has 0 saturated heterocycles. The van der Waals surface area contributed by atoms with Crippen molar-refractivity contribution in [3.63, 3.8) is 0 Å². The van der Waals surface area contributed by atoms with Crippen LogP contribution in [0.15, 0.2) is 46.9 Å². The van der Waals surface area contributed by atoms with Crippen molar-refractivity contribution in [2.45, 2.75) is 12.5 Å². The van der Waals surface area contributed by atoms with Gasteiger partial charge in [-0.25, -0.2) is 8.78 Å². The predicted molar refractivity (Wildman–Crippen MR) is 76.2 cm³/mol. The molecular weight excluding hydrogens is 298 g/mol.